The van der Waals surface area contributed by atoms with Crippen molar-refractivity contribution in [3.63, 3.8) is 0 Å². The van der Waals surface area contributed by atoms with E-state index < -0.39 is 0 Å². The maximum absolute atomic E-state index is 7.94. The van der Waals surface area contributed by atoms with Gasteiger partial charge < -0.3 is 10.4 Å². The van der Waals surface area contributed by atoms with Crippen LogP contribution in [0.5, 0.6) is 0 Å². The molecule has 0 saturated carbocycles. The number of hydrogen-bond donors (Lipinski definition) is 2. The summed E-state index contributed by atoms with van der Waals surface area (Å²) in [6, 6.07) is 0. The smallest absolute Gasteiger partial charge is 0.152 e. The van der Waals surface area contributed by atoms with E-state index in [4.69, 9.17) is 33.6 Å². The first-order valence-electron chi connectivity index (χ1n) is 1.93. The molecule has 0 radical (unpaired) electrons. The van der Waals surface area contributed by atoms with Crippen molar-refractivity contribution in [2.75, 3.05) is 0 Å². The molecule has 0 aromatic carbocycles. The standard InChI is InChI=1S/C3H4Cl2N2O2/c4-2(6-8)1-3(5)7-9/h8-9H,1H2. The lowest BCUT2D eigenvalue weighted by atomic mass is 10.5. The lowest BCUT2D eigenvalue weighted by Crippen LogP contribution is -1.94. The molecule has 6 heteroatoms. The molecule has 0 aliphatic heterocycles. The van der Waals surface area contributed by atoms with Crippen LogP contribution in [0.25, 0.3) is 0 Å². The molecule has 0 unspecified atom stereocenters. The predicted octanol–water partition coefficient (Wildman–Crippen LogP) is 1.43. The predicted molar refractivity (Wildman–Crippen MR) is 34.8 cm³/mol. The summed E-state index contributed by atoms with van der Waals surface area (Å²) in [6.07, 6.45) is -0.0594. The van der Waals surface area contributed by atoms with Crippen molar-refractivity contribution in [2.45, 2.75) is 6.42 Å². The van der Waals surface area contributed by atoms with Crippen LogP contribution in [-0.4, -0.2) is 20.8 Å². The average molecular weight is 171 g/mol. The fraction of sp³-hybridized carbons (Fsp3) is 0.333. The van der Waals surface area contributed by atoms with E-state index in [0.717, 1.165) is 0 Å². The second kappa shape index (κ2) is 4.40. The van der Waals surface area contributed by atoms with E-state index in [0.29, 0.717) is 0 Å². The van der Waals surface area contributed by atoms with Crippen molar-refractivity contribution in [2.24, 2.45) is 10.3 Å². The maximum atomic E-state index is 7.94. The van der Waals surface area contributed by atoms with Crippen molar-refractivity contribution >= 4 is 33.5 Å². The molecular weight excluding hydrogens is 167 g/mol. The topological polar surface area (TPSA) is 65.2 Å². The third kappa shape index (κ3) is 4.05. The summed E-state index contributed by atoms with van der Waals surface area (Å²) < 4.78 is 0. The van der Waals surface area contributed by atoms with Crippen molar-refractivity contribution in [1.29, 1.82) is 0 Å². The molecule has 0 aromatic rings. The monoisotopic (exact) mass is 170 g/mol. The first-order chi connectivity index (χ1) is 4.20. The summed E-state index contributed by atoms with van der Waals surface area (Å²) in [5, 5.41) is 20.8. The first kappa shape index (κ1) is 8.52. The highest BCUT2D eigenvalue weighted by atomic mass is 35.5. The minimum atomic E-state index is -0.127. The maximum Gasteiger partial charge on any atom is 0.152 e. The van der Waals surface area contributed by atoms with Crippen LogP contribution in [0.4, 0.5) is 0 Å². The highest BCUT2D eigenvalue weighted by Crippen LogP contribution is 1.97. The zero-order valence-electron chi connectivity index (χ0n) is 4.25. The molecule has 9 heavy (non-hydrogen) atoms. The van der Waals surface area contributed by atoms with E-state index in [9.17, 15) is 0 Å². The second-order valence-electron chi connectivity index (χ2n) is 1.13. The highest BCUT2D eigenvalue weighted by molar-refractivity contribution is 6.74. The van der Waals surface area contributed by atoms with Crippen LogP contribution in [0, 0.1) is 0 Å². The Bertz CT molecular complexity index is 129. The molecule has 52 valence electrons. The first-order valence-corrected chi connectivity index (χ1v) is 2.69. The molecular formula is C3H4Cl2N2O2. The summed E-state index contributed by atoms with van der Waals surface area (Å²) >= 11 is 10.3. The van der Waals surface area contributed by atoms with E-state index in [1.807, 2.05) is 0 Å². The van der Waals surface area contributed by atoms with Crippen molar-refractivity contribution in [1.82, 2.24) is 0 Å². The van der Waals surface area contributed by atoms with Gasteiger partial charge in [-0.1, -0.05) is 33.5 Å². The van der Waals surface area contributed by atoms with Crippen LogP contribution in [0.15, 0.2) is 10.3 Å². The summed E-state index contributed by atoms with van der Waals surface area (Å²) in [5.41, 5.74) is 0. The van der Waals surface area contributed by atoms with Gasteiger partial charge in [-0.25, -0.2) is 0 Å². The van der Waals surface area contributed by atoms with Gasteiger partial charge in [0.1, 0.15) is 0 Å². The summed E-state index contributed by atoms with van der Waals surface area (Å²) in [7, 11) is 0. The summed E-state index contributed by atoms with van der Waals surface area (Å²) in [6.45, 7) is 0. The zero-order chi connectivity index (χ0) is 7.28. The molecule has 0 spiro atoms. The fourth-order valence-electron chi connectivity index (χ4n) is 0.191. The number of rotatable bonds is 2. The molecule has 0 heterocycles. The highest BCUT2D eigenvalue weighted by Gasteiger charge is 1.99. The minimum Gasteiger partial charge on any atom is -0.410 e. The van der Waals surface area contributed by atoms with Crippen LogP contribution in [0.1, 0.15) is 6.42 Å². The number of hydrogen-bond acceptors (Lipinski definition) is 4. The van der Waals surface area contributed by atoms with Gasteiger partial charge in [-0.05, 0) is 0 Å². The largest absolute Gasteiger partial charge is 0.410 e. The van der Waals surface area contributed by atoms with Crippen molar-refractivity contribution < 1.29 is 10.4 Å². The molecule has 0 bridgehead atoms. The molecule has 2 N–H and O–H groups in total. The molecule has 0 saturated heterocycles. The van der Waals surface area contributed by atoms with Gasteiger partial charge in [0.2, 0.25) is 0 Å². The molecule has 0 aliphatic carbocycles. The third-order valence-corrected chi connectivity index (χ3v) is 0.927. The Kier molecular flexibility index (Phi) is 4.17. The summed E-state index contributed by atoms with van der Waals surface area (Å²) in [5.74, 6) is 0. The Morgan fingerprint density at radius 1 is 1.11 bits per heavy atom. The van der Waals surface area contributed by atoms with Gasteiger partial charge in [0.25, 0.3) is 0 Å². The van der Waals surface area contributed by atoms with Gasteiger partial charge in [-0.3, -0.25) is 0 Å². The van der Waals surface area contributed by atoms with E-state index in [1.165, 1.54) is 0 Å². The van der Waals surface area contributed by atoms with Gasteiger partial charge in [0.05, 0.1) is 6.42 Å². The molecule has 4 nitrogen and oxygen atoms in total. The molecule has 0 aromatic heterocycles. The Hall–Kier alpha value is -0.480. The fourth-order valence-corrected chi connectivity index (χ4v) is 0.513. The van der Waals surface area contributed by atoms with Gasteiger partial charge in [0.15, 0.2) is 10.3 Å². The van der Waals surface area contributed by atoms with E-state index in [-0.39, 0.29) is 16.8 Å². The van der Waals surface area contributed by atoms with Crippen molar-refractivity contribution in [3.8, 4) is 0 Å². The quantitative estimate of drug-likeness (QED) is 0.375. The third-order valence-electron chi connectivity index (χ3n) is 0.509. The molecule has 0 atom stereocenters. The zero-order valence-corrected chi connectivity index (χ0v) is 5.76. The normalized spacial score (nSPS) is 14.0. The Balaban J connectivity index is 3.75. The molecule has 0 aliphatic rings. The van der Waals surface area contributed by atoms with Crippen molar-refractivity contribution in [3.05, 3.63) is 0 Å². The lowest BCUT2D eigenvalue weighted by Gasteiger charge is -1.88. The number of nitrogens with zero attached hydrogens (tertiary/aromatic N) is 2. The molecule has 0 fully saturated rings. The van der Waals surface area contributed by atoms with Gasteiger partial charge in [0, 0.05) is 0 Å². The van der Waals surface area contributed by atoms with Crippen LogP contribution in [0.3, 0.4) is 0 Å². The Morgan fingerprint density at radius 3 is 1.67 bits per heavy atom. The van der Waals surface area contributed by atoms with Gasteiger partial charge in [-0.15, -0.1) is 0 Å². The van der Waals surface area contributed by atoms with Crippen LogP contribution in [0.2, 0.25) is 0 Å². The average Bonchev–Trinajstić information content (AvgIpc) is 1.87. The van der Waals surface area contributed by atoms with Crippen LogP contribution in [-0.2, 0) is 0 Å². The van der Waals surface area contributed by atoms with Crippen LogP contribution < -0.4 is 0 Å². The Morgan fingerprint density at radius 2 is 1.44 bits per heavy atom. The number of halogens is 2. The van der Waals surface area contributed by atoms with E-state index in [2.05, 4.69) is 10.3 Å². The molecule has 0 amide bonds. The molecule has 0 rings (SSSR count). The Labute approximate surface area is 61.4 Å². The lowest BCUT2D eigenvalue weighted by molar-refractivity contribution is 0.317. The minimum absolute atomic E-state index is 0.0594. The van der Waals surface area contributed by atoms with Gasteiger partial charge in [-0.2, -0.15) is 0 Å². The van der Waals surface area contributed by atoms with E-state index >= 15 is 0 Å². The SMILES string of the molecule is ON=C(Cl)CC(Cl)=NO. The van der Waals surface area contributed by atoms with Gasteiger partial charge >= 0.3 is 0 Å². The van der Waals surface area contributed by atoms with E-state index in [1.54, 1.807) is 0 Å². The number of oxime groups is 2. The summed E-state index contributed by atoms with van der Waals surface area (Å²) in [4.78, 5) is 0. The second-order valence-corrected chi connectivity index (χ2v) is 2.00. The van der Waals surface area contributed by atoms with Crippen LogP contribution >= 0.6 is 23.2 Å².